The number of nitrogens with zero attached hydrogens (tertiary/aromatic N) is 16. The van der Waals surface area contributed by atoms with E-state index in [0.717, 1.165) is 126 Å². The zero-order valence-corrected chi connectivity index (χ0v) is 66.7. The Morgan fingerprint density at radius 3 is 1.08 bits per heavy atom. The zero-order valence-electron chi connectivity index (χ0n) is 66.7. The van der Waals surface area contributed by atoms with E-state index >= 15 is 0 Å². The third-order valence-electron chi connectivity index (χ3n) is 22.7. The van der Waals surface area contributed by atoms with E-state index < -0.39 is 28.9 Å². The molecule has 0 saturated heterocycles. The minimum atomic E-state index is -0.827. The molecule has 31 heteroatoms. The van der Waals surface area contributed by atoms with Crippen LogP contribution in [0.3, 0.4) is 0 Å². The Balaban J connectivity index is 0.000000114. The molecule has 12 heterocycles. The van der Waals surface area contributed by atoms with Crippen molar-refractivity contribution in [1.82, 2.24) is 98.0 Å². The summed E-state index contributed by atoms with van der Waals surface area (Å²) < 4.78 is 49.9. The highest BCUT2D eigenvalue weighted by molar-refractivity contribution is 5.90. The van der Waals surface area contributed by atoms with Crippen molar-refractivity contribution >= 4 is 111 Å². The Morgan fingerprint density at radius 1 is 0.383 bits per heavy atom. The van der Waals surface area contributed by atoms with Crippen molar-refractivity contribution in [2.45, 2.75) is 137 Å². The average Bonchev–Trinajstić information content (AvgIpc) is 0.857. The summed E-state index contributed by atoms with van der Waals surface area (Å²) in [6, 6.07) is 40.4. The van der Waals surface area contributed by atoms with E-state index in [4.69, 9.17) is 0 Å². The van der Waals surface area contributed by atoms with Gasteiger partial charge in [0.2, 0.25) is 0 Å². The van der Waals surface area contributed by atoms with Gasteiger partial charge in [-0.25, -0.2) is 73.0 Å². The van der Waals surface area contributed by atoms with Crippen LogP contribution in [0.5, 0.6) is 0 Å². The number of aromatic nitrogens is 20. The van der Waals surface area contributed by atoms with Gasteiger partial charge in [-0.2, -0.15) is 0 Å². The van der Waals surface area contributed by atoms with Crippen LogP contribution in [0.2, 0.25) is 0 Å². The summed E-state index contributed by atoms with van der Waals surface area (Å²) in [5.74, 6) is 0.417. The van der Waals surface area contributed by atoms with Gasteiger partial charge in [0.05, 0.1) is 71.0 Å². The molecule has 2 aliphatic rings. The minimum Gasteiger partial charge on any atom is -0.360 e. The third-order valence-corrected chi connectivity index (χ3v) is 22.7. The second kappa shape index (κ2) is 32.8. The highest BCUT2D eigenvalue weighted by atomic mass is 19.1. The smallest absolute Gasteiger partial charge is 0.263 e. The van der Waals surface area contributed by atoms with E-state index in [1.807, 2.05) is 104 Å². The molecule has 8 N–H and O–H groups in total. The molecule has 0 aliphatic heterocycles. The van der Waals surface area contributed by atoms with Crippen molar-refractivity contribution in [3.63, 3.8) is 0 Å². The number of imidazole rings is 4. The van der Waals surface area contributed by atoms with Gasteiger partial charge in [0.15, 0.2) is 45.9 Å². The maximum absolute atomic E-state index is 14.8. The number of rotatable bonds is 17. The molecule has 120 heavy (non-hydrogen) atoms. The number of halogens is 3. The first-order valence-corrected chi connectivity index (χ1v) is 39.7. The normalized spacial score (nSPS) is 13.9. The van der Waals surface area contributed by atoms with Gasteiger partial charge in [-0.05, 0) is 198 Å². The number of benzene rings is 6. The molecule has 12 aromatic heterocycles. The Bertz CT molecular complexity index is 7190. The Kier molecular flexibility index (Phi) is 21.3. The number of para-hydroxylation sites is 1. The van der Waals surface area contributed by atoms with Crippen LogP contribution in [0.15, 0.2) is 209 Å². The first kappa shape index (κ1) is 77.9. The molecule has 0 radical (unpaired) electrons. The molecule has 604 valence electrons. The Labute approximate surface area is 682 Å². The lowest BCUT2D eigenvalue weighted by Crippen LogP contribution is -2.34. The number of H-pyrrole nitrogens is 4. The molecule has 4 atom stereocenters. The molecular formula is C89H83F3N24O4. The predicted molar refractivity (Wildman–Crippen MR) is 460 cm³/mol. The standard InChI is InChI=1S/C23H18F2N6O.C23H19FN6O.C22H24N6O.C21H22N6O/c1-12-5-3-6-14-9-17(13(2)30-22-19-21(27-10-26-19)28-11-29-22)31(23(32)18(12)14)20-15(24)7-4-8-16(20)25;1-13-4-3-5-15-10-18(14(2)29-22-20-21(26-11-25-20)27-12-28-22)30(23(31)19(13)15)17-8-6-16(24)7-9-17;1-3-16(27-21-19-20(24-11-23-19)25-12-26-21)17-10-14-7-4-6-13(2)18(14)22(29)28(17)15-8-5-9-15;1-12-5-3-6-14-9-16(27(15-7-4-8-15)21(28)17(12)14)13(2)26-20-18-19(23-10-22-18)24-11-25-20/h3-11,13H,1-2H3,(H2,26,27,28,29,30);3-12,14H,1-2H3,(H2,25,26,27,28,29);4,6-7,10-12,15-16H,3,5,8-9H2,1-2H3,(H2,23,24,25,26,27);3,5-6,9-11,13,15H,4,7-8H2,1-2H3,(H2,22,23,24,25,26). The first-order chi connectivity index (χ1) is 58.3. The van der Waals surface area contributed by atoms with Gasteiger partial charge in [-0.15, -0.1) is 0 Å². The van der Waals surface area contributed by atoms with E-state index in [2.05, 4.69) is 127 Å². The average molecular weight is 1610 g/mol. The monoisotopic (exact) mass is 1610 g/mol. The summed E-state index contributed by atoms with van der Waals surface area (Å²) in [6.45, 7) is 15.6. The molecule has 0 spiro atoms. The largest absolute Gasteiger partial charge is 0.360 e. The molecule has 20 rings (SSSR count). The molecule has 2 fully saturated rings. The van der Waals surface area contributed by atoms with Gasteiger partial charge >= 0.3 is 0 Å². The van der Waals surface area contributed by atoms with Crippen LogP contribution in [-0.4, -0.2) is 98.0 Å². The van der Waals surface area contributed by atoms with Gasteiger partial charge in [-0.3, -0.25) is 28.3 Å². The Hall–Kier alpha value is -14.7. The molecule has 28 nitrogen and oxygen atoms in total. The van der Waals surface area contributed by atoms with Crippen molar-refractivity contribution < 1.29 is 13.2 Å². The van der Waals surface area contributed by atoms with Gasteiger partial charge in [0, 0.05) is 40.5 Å². The quantitative estimate of drug-likeness (QED) is 0.0420. The lowest BCUT2D eigenvalue weighted by molar-refractivity contribution is 0.297. The van der Waals surface area contributed by atoms with E-state index in [0.29, 0.717) is 84.4 Å². The summed E-state index contributed by atoms with van der Waals surface area (Å²) >= 11 is 0. The molecule has 0 amide bonds. The fourth-order valence-electron chi connectivity index (χ4n) is 16.2. The molecule has 0 bridgehead atoms. The number of aromatic amines is 4. The summed E-state index contributed by atoms with van der Waals surface area (Å²) in [6.07, 6.45) is 19.5. The molecule has 2 saturated carbocycles. The fraction of sp³-hybridized carbons (Fsp3) is 0.236. The number of nitrogens with one attached hydrogen (secondary N) is 8. The number of hydrogen-bond acceptors (Lipinski definition) is 20. The number of hydrogen-bond donors (Lipinski definition) is 8. The second-order valence-electron chi connectivity index (χ2n) is 30.3. The zero-order chi connectivity index (χ0) is 83.1. The van der Waals surface area contributed by atoms with Crippen LogP contribution in [-0.2, 0) is 0 Å². The SMILES string of the molecule is CCC(Nc1ncnc2nc[nH]c12)c1cc2cccc(C)c2c(=O)n1C1CCC1.Cc1cccc2cc(C(C)Nc3ncnc4nc[nH]c34)n(-c3c(F)cccc3F)c(=O)c12.Cc1cccc2cc(C(C)Nc3ncnc4nc[nH]c34)n(-c3ccc(F)cc3)c(=O)c12.Cc1cccc2cc(C(C)Nc3ncnc4nc[nH]c34)n(C3CCC3)c(=O)c12. The van der Waals surface area contributed by atoms with Crippen molar-refractivity contribution in [2.75, 3.05) is 21.3 Å². The minimum absolute atomic E-state index is 0.0467. The van der Waals surface area contributed by atoms with Gasteiger partial charge in [-0.1, -0.05) is 85.8 Å². The van der Waals surface area contributed by atoms with Crippen molar-refractivity contribution in [2.24, 2.45) is 0 Å². The van der Waals surface area contributed by atoms with Crippen molar-refractivity contribution in [3.05, 3.63) is 294 Å². The summed E-state index contributed by atoms with van der Waals surface area (Å²) in [4.78, 5) is 117. The maximum atomic E-state index is 14.8. The lowest BCUT2D eigenvalue weighted by Gasteiger charge is -2.33. The number of anilines is 4. The van der Waals surface area contributed by atoms with Gasteiger partial charge in [0.1, 0.15) is 70.5 Å². The van der Waals surface area contributed by atoms with E-state index in [9.17, 15) is 32.3 Å². The molecular weight excluding hydrogens is 1530 g/mol. The number of pyridine rings is 4. The first-order valence-electron chi connectivity index (χ1n) is 39.7. The highest BCUT2D eigenvalue weighted by Gasteiger charge is 2.31. The molecule has 6 aromatic carbocycles. The van der Waals surface area contributed by atoms with Crippen LogP contribution >= 0.6 is 0 Å². The molecule has 2 aliphatic carbocycles. The molecule has 18 aromatic rings. The van der Waals surface area contributed by atoms with Crippen LogP contribution in [0.1, 0.15) is 154 Å². The number of aryl methyl sites for hydroxylation is 4. The summed E-state index contributed by atoms with van der Waals surface area (Å²) in [5, 5.41) is 19.8. The van der Waals surface area contributed by atoms with E-state index in [1.165, 1.54) is 62.7 Å². The van der Waals surface area contributed by atoms with Crippen molar-refractivity contribution in [1.29, 1.82) is 0 Å². The second-order valence-corrected chi connectivity index (χ2v) is 30.3. The van der Waals surface area contributed by atoms with E-state index in [-0.39, 0.29) is 52.7 Å². The van der Waals surface area contributed by atoms with Crippen LogP contribution in [0.4, 0.5) is 36.4 Å². The summed E-state index contributed by atoms with van der Waals surface area (Å²) in [7, 11) is 0. The maximum Gasteiger partial charge on any atom is 0.263 e. The summed E-state index contributed by atoms with van der Waals surface area (Å²) in [5.41, 5.74) is 11.6. The lowest BCUT2D eigenvalue weighted by atomic mass is 9.91. The molecule has 4 unspecified atom stereocenters. The van der Waals surface area contributed by atoms with Crippen LogP contribution in [0, 0.1) is 45.1 Å². The Morgan fingerprint density at radius 2 is 0.708 bits per heavy atom. The van der Waals surface area contributed by atoms with Gasteiger partial charge < -0.3 is 50.3 Å². The van der Waals surface area contributed by atoms with Crippen LogP contribution in [0.25, 0.3) is 99.1 Å². The topological polar surface area (TPSA) is 354 Å². The highest BCUT2D eigenvalue weighted by Crippen LogP contribution is 2.39. The fourth-order valence-corrected chi connectivity index (χ4v) is 16.2. The number of fused-ring (bicyclic) bond motifs is 8. The van der Waals surface area contributed by atoms with Crippen LogP contribution < -0.4 is 43.5 Å². The predicted octanol–water partition coefficient (Wildman–Crippen LogP) is 16.8. The van der Waals surface area contributed by atoms with E-state index in [1.54, 1.807) is 67.7 Å². The van der Waals surface area contributed by atoms with Crippen molar-refractivity contribution in [3.8, 4) is 11.4 Å². The van der Waals surface area contributed by atoms with Gasteiger partial charge in [0.25, 0.3) is 22.2 Å². The third kappa shape index (κ3) is 14.7.